The Morgan fingerprint density at radius 3 is 2.71 bits per heavy atom. The monoisotopic (exact) mass is 391 g/mol. The molecule has 0 saturated carbocycles. The van der Waals surface area contributed by atoms with E-state index in [9.17, 15) is 9.59 Å². The number of piperidine rings is 1. The second-order valence-electron chi connectivity index (χ2n) is 7.84. The van der Waals surface area contributed by atoms with E-state index < -0.39 is 0 Å². The number of carbonyl (C=O) groups excluding carboxylic acids is 2. The summed E-state index contributed by atoms with van der Waals surface area (Å²) in [6, 6.07) is -0.113. The molecule has 2 saturated heterocycles. The number of rotatable bonds is 7. The maximum Gasteiger partial charge on any atom is 0.223 e. The maximum absolute atomic E-state index is 13.0. The van der Waals surface area contributed by atoms with Gasteiger partial charge in [-0.15, -0.1) is 0 Å². The lowest BCUT2D eigenvalue weighted by Gasteiger charge is -2.43. The van der Waals surface area contributed by atoms with Crippen LogP contribution in [0.1, 0.15) is 50.6 Å². The molecule has 0 unspecified atom stereocenters. The summed E-state index contributed by atoms with van der Waals surface area (Å²) in [7, 11) is 1.90. The third kappa shape index (κ3) is 5.54. The number of aromatic nitrogens is 2. The second kappa shape index (κ2) is 10.0. The standard InChI is InChI=1S/C20H33N5O3/c1-16(26)21-8-6-7-19(27)25-11-12-28-18(15-24-9-4-3-5-10-24)20(25)17-13-22-23(2)14-17/h13-14,18,20H,3-12,15H2,1-2H3,(H,21,26)/t18-,20-/m0/s1. The van der Waals surface area contributed by atoms with Crippen LogP contribution in [0.25, 0.3) is 0 Å². The maximum atomic E-state index is 13.0. The molecule has 8 heteroatoms. The fraction of sp³-hybridized carbons (Fsp3) is 0.750. The molecule has 0 radical (unpaired) electrons. The predicted octanol–water partition coefficient (Wildman–Crippen LogP) is 1.09. The number of hydrogen-bond donors (Lipinski definition) is 1. The Bertz CT molecular complexity index is 656. The zero-order valence-corrected chi connectivity index (χ0v) is 17.1. The molecule has 2 atom stereocenters. The number of aryl methyl sites for hydroxylation is 1. The molecule has 3 rings (SSSR count). The van der Waals surface area contributed by atoms with E-state index in [4.69, 9.17) is 4.74 Å². The van der Waals surface area contributed by atoms with Crippen molar-refractivity contribution in [3.8, 4) is 0 Å². The highest BCUT2D eigenvalue weighted by molar-refractivity contribution is 5.77. The smallest absolute Gasteiger partial charge is 0.223 e. The molecule has 1 aromatic rings. The Morgan fingerprint density at radius 1 is 1.25 bits per heavy atom. The lowest BCUT2D eigenvalue weighted by Crippen LogP contribution is -2.52. The van der Waals surface area contributed by atoms with Crippen LogP contribution in [0, 0.1) is 0 Å². The third-order valence-corrected chi connectivity index (χ3v) is 5.57. The van der Waals surface area contributed by atoms with Gasteiger partial charge in [-0.3, -0.25) is 14.3 Å². The third-order valence-electron chi connectivity index (χ3n) is 5.57. The predicted molar refractivity (Wildman–Crippen MR) is 106 cm³/mol. The van der Waals surface area contributed by atoms with E-state index in [1.54, 1.807) is 4.68 Å². The quantitative estimate of drug-likeness (QED) is 0.704. The molecule has 0 spiro atoms. The van der Waals surface area contributed by atoms with Crippen molar-refractivity contribution in [1.29, 1.82) is 0 Å². The Kier molecular flexibility index (Phi) is 7.44. The normalized spacial score (nSPS) is 23.6. The number of ether oxygens (including phenoxy) is 1. The minimum absolute atomic E-state index is 0.0460. The minimum Gasteiger partial charge on any atom is -0.373 e. The molecule has 28 heavy (non-hydrogen) atoms. The number of nitrogens with one attached hydrogen (secondary N) is 1. The van der Waals surface area contributed by atoms with Crippen molar-refractivity contribution in [2.24, 2.45) is 7.05 Å². The number of carbonyl (C=O) groups is 2. The van der Waals surface area contributed by atoms with E-state index in [1.165, 1.54) is 26.2 Å². The molecule has 2 fully saturated rings. The van der Waals surface area contributed by atoms with Crippen molar-refractivity contribution in [3.63, 3.8) is 0 Å². The Morgan fingerprint density at radius 2 is 2.04 bits per heavy atom. The summed E-state index contributed by atoms with van der Waals surface area (Å²) in [4.78, 5) is 28.4. The molecular weight excluding hydrogens is 358 g/mol. The van der Waals surface area contributed by atoms with Crippen molar-refractivity contribution >= 4 is 11.8 Å². The lowest BCUT2D eigenvalue weighted by molar-refractivity contribution is -0.148. The molecule has 2 amide bonds. The Labute approximate surface area is 167 Å². The van der Waals surface area contributed by atoms with Gasteiger partial charge in [-0.1, -0.05) is 6.42 Å². The topological polar surface area (TPSA) is 79.7 Å². The highest BCUT2D eigenvalue weighted by Crippen LogP contribution is 2.31. The molecule has 156 valence electrons. The molecule has 3 heterocycles. The van der Waals surface area contributed by atoms with Gasteiger partial charge in [0.05, 0.1) is 24.9 Å². The number of hydrogen-bond acceptors (Lipinski definition) is 5. The number of amides is 2. The zero-order valence-electron chi connectivity index (χ0n) is 17.1. The van der Waals surface area contributed by atoms with E-state index in [2.05, 4.69) is 15.3 Å². The Balaban J connectivity index is 1.69. The summed E-state index contributed by atoms with van der Waals surface area (Å²) in [6.45, 7) is 6.22. The highest BCUT2D eigenvalue weighted by atomic mass is 16.5. The van der Waals surface area contributed by atoms with Gasteiger partial charge < -0.3 is 19.9 Å². The summed E-state index contributed by atoms with van der Waals surface area (Å²) in [5.41, 5.74) is 1.03. The fourth-order valence-electron chi connectivity index (χ4n) is 4.20. The van der Waals surface area contributed by atoms with Gasteiger partial charge in [0, 0.05) is 51.8 Å². The van der Waals surface area contributed by atoms with Gasteiger partial charge in [-0.05, 0) is 32.4 Å². The van der Waals surface area contributed by atoms with Crippen LogP contribution in [0.3, 0.4) is 0 Å². The van der Waals surface area contributed by atoms with Gasteiger partial charge in [0.15, 0.2) is 0 Å². The average molecular weight is 392 g/mol. The molecule has 2 aliphatic rings. The van der Waals surface area contributed by atoms with Crippen molar-refractivity contribution in [2.75, 3.05) is 39.3 Å². The van der Waals surface area contributed by atoms with Gasteiger partial charge in [0.25, 0.3) is 0 Å². The molecule has 0 aliphatic carbocycles. The largest absolute Gasteiger partial charge is 0.373 e. The summed E-state index contributed by atoms with van der Waals surface area (Å²) >= 11 is 0. The van der Waals surface area contributed by atoms with Crippen molar-refractivity contribution < 1.29 is 14.3 Å². The van der Waals surface area contributed by atoms with Crippen LogP contribution in [0.2, 0.25) is 0 Å². The van der Waals surface area contributed by atoms with E-state index in [0.717, 1.165) is 25.2 Å². The van der Waals surface area contributed by atoms with E-state index >= 15 is 0 Å². The van der Waals surface area contributed by atoms with Gasteiger partial charge in [-0.25, -0.2) is 0 Å². The summed E-state index contributed by atoms with van der Waals surface area (Å²) in [5, 5.41) is 7.08. The molecule has 0 aromatic carbocycles. The van der Waals surface area contributed by atoms with Gasteiger partial charge in [0.2, 0.25) is 11.8 Å². The molecule has 1 aromatic heterocycles. The van der Waals surface area contributed by atoms with E-state index in [0.29, 0.717) is 32.5 Å². The molecular formula is C20H33N5O3. The number of morpholine rings is 1. The first-order valence-corrected chi connectivity index (χ1v) is 10.4. The number of nitrogens with zero attached hydrogens (tertiary/aromatic N) is 4. The van der Waals surface area contributed by atoms with Crippen LogP contribution in [0.4, 0.5) is 0 Å². The minimum atomic E-state index is -0.113. The van der Waals surface area contributed by atoms with E-state index in [1.807, 2.05) is 24.3 Å². The summed E-state index contributed by atoms with van der Waals surface area (Å²) in [5.74, 6) is 0.0554. The van der Waals surface area contributed by atoms with Crippen molar-refractivity contribution in [3.05, 3.63) is 18.0 Å². The lowest BCUT2D eigenvalue weighted by atomic mass is 9.98. The van der Waals surface area contributed by atoms with Crippen LogP contribution in [-0.4, -0.2) is 76.8 Å². The first kappa shape index (κ1) is 20.8. The first-order chi connectivity index (χ1) is 13.5. The highest BCUT2D eigenvalue weighted by Gasteiger charge is 2.37. The van der Waals surface area contributed by atoms with Gasteiger partial charge >= 0.3 is 0 Å². The van der Waals surface area contributed by atoms with Crippen LogP contribution >= 0.6 is 0 Å². The van der Waals surface area contributed by atoms with Crippen LogP contribution in [-0.2, 0) is 21.4 Å². The van der Waals surface area contributed by atoms with Gasteiger partial charge in [0.1, 0.15) is 0 Å². The molecule has 0 bridgehead atoms. The van der Waals surface area contributed by atoms with Crippen molar-refractivity contribution in [1.82, 2.24) is 24.9 Å². The fourth-order valence-corrected chi connectivity index (χ4v) is 4.20. The molecule has 1 N–H and O–H groups in total. The average Bonchev–Trinajstić information content (AvgIpc) is 3.11. The van der Waals surface area contributed by atoms with E-state index in [-0.39, 0.29) is 24.0 Å². The molecule has 8 nitrogen and oxygen atoms in total. The van der Waals surface area contributed by atoms with Crippen LogP contribution in [0.15, 0.2) is 12.4 Å². The second-order valence-corrected chi connectivity index (χ2v) is 7.84. The van der Waals surface area contributed by atoms with Gasteiger partial charge in [-0.2, -0.15) is 5.10 Å². The number of likely N-dealkylation sites (tertiary alicyclic amines) is 1. The SMILES string of the molecule is CC(=O)NCCCC(=O)N1CCO[C@@H](CN2CCCCC2)[C@@H]1c1cnn(C)c1. The molecule has 2 aliphatic heterocycles. The summed E-state index contributed by atoms with van der Waals surface area (Å²) in [6.07, 6.45) is 8.62. The Hall–Kier alpha value is -1.93. The van der Waals surface area contributed by atoms with Crippen molar-refractivity contribution in [2.45, 2.75) is 51.2 Å². The zero-order chi connectivity index (χ0) is 19.9. The first-order valence-electron chi connectivity index (χ1n) is 10.4. The van der Waals surface area contributed by atoms with Crippen LogP contribution < -0.4 is 5.32 Å². The summed E-state index contributed by atoms with van der Waals surface area (Å²) < 4.78 is 7.94. The van der Waals surface area contributed by atoms with Crippen LogP contribution in [0.5, 0.6) is 0 Å².